The molecule has 0 aliphatic rings. The van der Waals surface area contributed by atoms with E-state index >= 15 is 0 Å². The van der Waals surface area contributed by atoms with Crippen LogP contribution >= 0.6 is 0 Å². The van der Waals surface area contributed by atoms with Gasteiger partial charge >= 0.3 is 6.61 Å². The Balaban J connectivity index is 1.36. The smallest absolute Gasteiger partial charge is 0.387 e. The molecule has 2 aromatic heterocycles. The molecule has 2 aromatic carbocycles. The molecule has 0 fully saturated rings. The van der Waals surface area contributed by atoms with Gasteiger partial charge in [-0.2, -0.15) is 19.0 Å². The summed E-state index contributed by atoms with van der Waals surface area (Å²) in [7, 11) is 1.72. The summed E-state index contributed by atoms with van der Waals surface area (Å²) < 4.78 is 30.4. The lowest BCUT2D eigenvalue weighted by molar-refractivity contribution is -0.0498. The minimum atomic E-state index is -2.90. The van der Waals surface area contributed by atoms with E-state index in [1.807, 2.05) is 0 Å². The molecular weight excluding hydrogens is 434 g/mol. The van der Waals surface area contributed by atoms with E-state index in [0.29, 0.717) is 28.3 Å². The molecule has 4 rings (SSSR count). The standard InChI is InChI=1S/C22H18F2N6O3/c1-30-11-10-17(29-30)20(31)25-14-4-6-15(7-5-14)26-21(32)19-12-18(27-28-19)13-2-8-16(9-3-13)33-22(23)24/h2-12,22H,1H3,(H,25,31)(H,26,32)(H,27,28). The number of aromatic amines is 1. The number of aryl methyl sites for hydroxylation is 1. The van der Waals surface area contributed by atoms with E-state index in [1.165, 1.54) is 16.8 Å². The lowest BCUT2D eigenvalue weighted by atomic mass is 10.1. The first-order chi connectivity index (χ1) is 15.9. The van der Waals surface area contributed by atoms with Crippen molar-refractivity contribution in [1.82, 2.24) is 20.0 Å². The number of nitrogens with one attached hydrogen (secondary N) is 3. The highest BCUT2D eigenvalue weighted by molar-refractivity contribution is 6.04. The Kier molecular flexibility index (Phi) is 6.11. The maximum atomic E-state index is 12.5. The number of hydrogen-bond acceptors (Lipinski definition) is 5. The van der Waals surface area contributed by atoms with E-state index in [0.717, 1.165) is 0 Å². The zero-order chi connectivity index (χ0) is 23.4. The van der Waals surface area contributed by atoms with Crippen molar-refractivity contribution in [2.45, 2.75) is 6.61 Å². The van der Waals surface area contributed by atoms with Crippen LogP contribution in [0.2, 0.25) is 0 Å². The number of carbonyl (C=O) groups is 2. The number of rotatable bonds is 7. The van der Waals surface area contributed by atoms with Crippen molar-refractivity contribution < 1.29 is 23.1 Å². The van der Waals surface area contributed by atoms with Crippen molar-refractivity contribution in [2.24, 2.45) is 7.05 Å². The highest BCUT2D eigenvalue weighted by Crippen LogP contribution is 2.23. The average molecular weight is 452 g/mol. The topological polar surface area (TPSA) is 114 Å². The van der Waals surface area contributed by atoms with Gasteiger partial charge in [-0.1, -0.05) is 0 Å². The summed E-state index contributed by atoms with van der Waals surface area (Å²) in [6.45, 7) is -2.90. The highest BCUT2D eigenvalue weighted by Gasteiger charge is 2.13. The van der Waals surface area contributed by atoms with Gasteiger partial charge in [-0.25, -0.2) is 0 Å². The molecule has 168 valence electrons. The van der Waals surface area contributed by atoms with Crippen molar-refractivity contribution in [3.8, 4) is 17.0 Å². The zero-order valence-corrected chi connectivity index (χ0v) is 17.3. The fourth-order valence-electron chi connectivity index (χ4n) is 2.96. The van der Waals surface area contributed by atoms with Gasteiger partial charge in [-0.05, 0) is 60.7 Å². The number of alkyl halides is 2. The monoisotopic (exact) mass is 452 g/mol. The lowest BCUT2D eigenvalue weighted by Crippen LogP contribution is -2.14. The third-order valence-corrected chi connectivity index (χ3v) is 4.54. The van der Waals surface area contributed by atoms with Gasteiger partial charge in [0, 0.05) is 30.2 Å². The normalized spacial score (nSPS) is 10.8. The molecule has 0 unspecified atom stereocenters. The molecule has 0 atom stereocenters. The molecule has 4 aromatic rings. The third kappa shape index (κ3) is 5.39. The molecule has 0 aliphatic carbocycles. The lowest BCUT2D eigenvalue weighted by Gasteiger charge is -2.06. The summed E-state index contributed by atoms with van der Waals surface area (Å²) >= 11 is 0. The Bertz CT molecular complexity index is 1270. The molecule has 11 heteroatoms. The summed E-state index contributed by atoms with van der Waals surface area (Å²) in [5.74, 6) is -0.732. The first kappa shape index (κ1) is 21.7. The van der Waals surface area contributed by atoms with Gasteiger partial charge in [-0.3, -0.25) is 19.4 Å². The number of amides is 2. The predicted octanol–water partition coefficient (Wildman–Crippen LogP) is 3.92. The first-order valence-electron chi connectivity index (χ1n) is 9.70. The van der Waals surface area contributed by atoms with Crippen molar-refractivity contribution in [3.63, 3.8) is 0 Å². The van der Waals surface area contributed by atoms with Crippen LogP contribution in [-0.4, -0.2) is 38.4 Å². The van der Waals surface area contributed by atoms with E-state index in [9.17, 15) is 18.4 Å². The number of ether oxygens (including phenoxy) is 1. The maximum absolute atomic E-state index is 12.5. The molecule has 9 nitrogen and oxygen atoms in total. The maximum Gasteiger partial charge on any atom is 0.387 e. The second-order valence-electron chi connectivity index (χ2n) is 6.93. The first-order valence-corrected chi connectivity index (χ1v) is 9.70. The molecule has 0 saturated carbocycles. The van der Waals surface area contributed by atoms with E-state index < -0.39 is 12.5 Å². The quantitative estimate of drug-likeness (QED) is 0.393. The Labute approximate surface area is 186 Å². The van der Waals surface area contributed by atoms with E-state index in [4.69, 9.17) is 0 Å². The number of halogens is 2. The average Bonchev–Trinajstić information content (AvgIpc) is 3.45. The molecule has 0 spiro atoms. The molecule has 0 saturated heterocycles. The summed E-state index contributed by atoms with van der Waals surface area (Å²) in [6.07, 6.45) is 1.67. The van der Waals surface area contributed by atoms with Crippen molar-refractivity contribution in [1.29, 1.82) is 0 Å². The Morgan fingerprint density at radius 2 is 1.61 bits per heavy atom. The Hall–Kier alpha value is -4.54. The molecule has 2 amide bonds. The van der Waals surface area contributed by atoms with Crippen LogP contribution in [0.3, 0.4) is 0 Å². The third-order valence-electron chi connectivity index (χ3n) is 4.54. The SMILES string of the molecule is Cn1ccc(C(=O)Nc2ccc(NC(=O)c3cc(-c4ccc(OC(F)F)cc4)n[nH]3)cc2)n1. The van der Waals surface area contributed by atoms with Gasteiger partial charge in [0.05, 0.1) is 5.69 Å². The largest absolute Gasteiger partial charge is 0.435 e. The van der Waals surface area contributed by atoms with Crippen molar-refractivity contribution >= 4 is 23.2 Å². The fraction of sp³-hybridized carbons (Fsp3) is 0.0909. The molecule has 3 N–H and O–H groups in total. The molecule has 0 bridgehead atoms. The summed E-state index contributed by atoms with van der Waals surface area (Å²) in [5, 5.41) is 16.2. The van der Waals surface area contributed by atoms with Crippen LogP contribution < -0.4 is 15.4 Å². The number of H-pyrrole nitrogens is 1. The van der Waals surface area contributed by atoms with Gasteiger partial charge in [0.2, 0.25) is 0 Å². The zero-order valence-electron chi connectivity index (χ0n) is 17.3. The number of benzene rings is 2. The number of anilines is 2. The van der Waals surface area contributed by atoms with E-state index in [-0.39, 0.29) is 17.4 Å². The minimum Gasteiger partial charge on any atom is -0.435 e. The second kappa shape index (κ2) is 9.30. The molecule has 33 heavy (non-hydrogen) atoms. The van der Waals surface area contributed by atoms with Crippen LogP contribution in [0.25, 0.3) is 11.3 Å². The van der Waals surface area contributed by atoms with Gasteiger partial charge in [0.15, 0.2) is 5.69 Å². The van der Waals surface area contributed by atoms with Gasteiger partial charge in [0.1, 0.15) is 11.4 Å². The highest BCUT2D eigenvalue weighted by atomic mass is 19.3. The molecule has 0 aliphatic heterocycles. The van der Waals surface area contributed by atoms with Gasteiger partial charge in [-0.15, -0.1) is 0 Å². The number of hydrogen-bond donors (Lipinski definition) is 3. The molecular formula is C22H18F2N6O3. The van der Waals surface area contributed by atoms with E-state index in [1.54, 1.807) is 61.8 Å². The van der Waals surface area contributed by atoms with E-state index in [2.05, 4.69) is 30.7 Å². The van der Waals surface area contributed by atoms with Crippen LogP contribution in [0.5, 0.6) is 5.75 Å². The number of carbonyl (C=O) groups excluding carboxylic acids is 2. The van der Waals surface area contributed by atoms with Crippen LogP contribution in [0.1, 0.15) is 21.0 Å². The summed E-state index contributed by atoms with van der Waals surface area (Å²) in [5.41, 5.74) is 2.66. The molecule has 0 radical (unpaired) electrons. The second-order valence-corrected chi connectivity index (χ2v) is 6.93. The van der Waals surface area contributed by atoms with Gasteiger partial charge < -0.3 is 15.4 Å². The minimum absolute atomic E-state index is 0.0296. The van der Waals surface area contributed by atoms with Crippen LogP contribution in [0, 0.1) is 0 Å². The Morgan fingerprint density at radius 3 is 2.18 bits per heavy atom. The Morgan fingerprint density at radius 1 is 0.970 bits per heavy atom. The van der Waals surface area contributed by atoms with Crippen molar-refractivity contribution in [3.05, 3.63) is 78.2 Å². The summed E-state index contributed by atoms with van der Waals surface area (Å²) in [4.78, 5) is 24.7. The summed E-state index contributed by atoms with van der Waals surface area (Å²) in [6, 6.07) is 15.6. The van der Waals surface area contributed by atoms with Crippen molar-refractivity contribution in [2.75, 3.05) is 10.6 Å². The van der Waals surface area contributed by atoms with Crippen LogP contribution in [0.4, 0.5) is 20.2 Å². The molecule has 2 heterocycles. The van der Waals surface area contributed by atoms with Gasteiger partial charge in [0.25, 0.3) is 11.8 Å². The fourth-order valence-corrected chi connectivity index (χ4v) is 2.96. The number of nitrogens with zero attached hydrogens (tertiary/aromatic N) is 3. The van der Waals surface area contributed by atoms with Crippen LogP contribution in [0.15, 0.2) is 66.9 Å². The number of aromatic nitrogens is 4. The van der Waals surface area contributed by atoms with Crippen LogP contribution in [-0.2, 0) is 7.05 Å². The predicted molar refractivity (Wildman–Crippen MR) is 116 cm³/mol.